The largest absolute Gasteiger partial charge is 0.435 e. The highest BCUT2D eigenvalue weighted by molar-refractivity contribution is 8.15. The summed E-state index contributed by atoms with van der Waals surface area (Å²) in [7, 11) is 0. The molecule has 1 saturated heterocycles. The molecule has 0 bridgehead atoms. The first-order valence-electron chi connectivity index (χ1n) is 9.85. The van der Waals surface area contributed by atoms with Crippen molar-refractivity contribution in [1.82, 2.24) is 4.90 Å². The SMILES string of the molecule is CC[C@@H](C)N1C(=O)[C@H](CC(=O)Nc2ccccc2)SC1=Nc1ccc(OC(F)F)cc1. The molecule has 2 atom stereocenters. The molecule has 0 aromatic heterocycles. The summed E-state index contributed by atoms with van der Waals surface area (Å²) >= 11 is 1.23. The first-order valence-corrected chi connectivity index (χ1v) is 10.7. The molecule has 6 nitrogen and oxygen atoms in total. The van der Waals surface area contributed by atoms with Crippen molar-refractivity contribution >= 4 is 40.1 Å². The summed E-state index contributed by atoms with van der Waals surface area (Å²) in [4.78, 5) is 31.6. The zero-order chi connectivity index (χ0) is 22.4. The highest BCUT2D eigenvalue weighted by Crippen LogP contribution is 2.34. The van der Waals surface area contributed by atoms with E-state index in [9.17, 15) is 18.4 Å². The lowest BCUT2D eigenvalue weighted by molar-refractivity contribution is -0.129. The molecule has 31 heavy (non-hydrogen) atoms. The summed E-state index contributed by atoms with van der Waals surface area (Å²) in [5.41, 5.74) is 1.17. The van der Waals surface area contributed by atoms with Gasteiger partial charge in [-0.25, -0.2) is 4.99 Å². The average Bonchev–Trinajstić information content (AvgIpc) is 3.03. The van der Waals surface area contributed by atoms with Crippen LogP contribution in [0.1, 0.15) is 26.7 Å². The van der Waals surface area contributed by atoms with Crippen molar-refractivity contribution in [2.24, 2.45) is 4.99 Å². The molecular weight excluding hydrogens is 424 g/mol. The molecule has 1 aliphatic heterocycles. The Morgan fingerprint density at radius 2 is 1.87 bits per heavy atom. The number of hydrogen-bond acceptors (Lipinski definition) is 5. The van der Waals surface area contributed by atoms with Gasteiger partial charge in [-0.2, -0.15) is 8.78 Å². The number of alkyl halides is 2. The third-order valence-corrected chi connectivity index (χ3v) is 5.86. The monoisotopic (exact) mass is 447 g/mol. The minimum atomic E-state index is -2.90. The number of halogens is 2. The van der Waals surface area contributed by atoms with Crippen molar-refractivity contribution in [3.8, 4) is 5.75 Å². The van der Waals surface area contributed by atoms with Crippen LogP contribution in [0.5, 0.6) is 5.75 Å². The summed E-state index contributed by atoms with van der Waals surface area (Å²) in [5, 5.41) is 2.70. The van der Waals surface area contributed by atoms with Gasteiger partial charge in [0.15, 0.2) is 5.17 Å². The summed E-state index contributed by atoms with van der Waals surface area (Å²) in [6.45, 7) is 0.982. The third kappa shape index (κ3) is 6.04. The number of para-hydroxylation sites is 1. The van der Waals surface area contributed by atoms with Gasteiger partial charge in [0.2, 0.25) is 11.8 Å². The van der Waals surface area contributed by atoms with E-state index in [4.69, 9.17) is 0 Å². The lowest BCUT2D eigenvalue weighted by Crippen LogP contribution is -2.39. The van der Waals surface area contributed by atoms with Crippen LogP contribution in [-0.2, 0) is 9.59 Å². The van der Waals surface area contributed by atoms with Crippen LogP contribution in [-0.4, -0.2) is 39.8 Å². The zero-order valence-electron chi connectivity index (χ0n) is 17.1. The van der Waals surface area contributed by atoms with E-state index in [0.717, 1.165) is 6.42 Å². The second-order valence-electron chi connectivity index (χ2n) is 6.96. The van der Waals surface area contributed by atoms with Gasteiger partial charge in [-0.3, -0.25) is 14.5 Å². The van der Waals surface area contributed by atoms with Crippen LogP contribution < -0.4 is 10.1 Å². The maximum Gasteiger partial charge on any atom is 0.387 e. The van der Waals surface area contributed by atoms with E-state index in [1.165, 1.54) is 23.9 Å². The fraction of sp³-hybridized carbons (Fsp3) is 0.318. The van der Waals surface area contributed by atoms with Gasteiger partial charge < -0.3 is 10.1 Å². The molecule has 2 amide bonds. The van der Waals surface area contributed by atoms with Crippen LogP contribution in [0.25, 0.3) is 0 Å². The molecule has 0 saturated carbocycles. The van der Waals surface area contributed by atoms with Crippen molar-refractivity contribution in [1.29, 1.82) is 0 Å². The van der Waals surface area contributed by atoms with Crippen LogP contribution >= 0.6 is 11.8 Å². The van der Waals surface area contributed by atoms with Crippen molar-refractivity contribution < 1.29 is 23.1 Å². The Balaban J connectivity index is 1.75. The summed E-state index contributed by atoms with van der Waals surface area (Å²) in [5.74, 6) is -0.391. The average molecular weight is 448 g/mol. The molecule has 9 heteroatoms. The molecule has 1 heterocycles. The maximum absolute atomic E-state index is 13.0. The number of aliphatic imine (C=N–C) groups is 1. The summed E-state index contributed by atoms with van der Waals surface area (Å²) in [6, 6.07) is 14.8. The molecule has 3 rings (SSSR count). The smallest absolute Gasteiger partial charge is 0.387 e. The van der Waals surface area contributed by atoms with E-state index >= 15 is 0 Å². The number of hydrogen-bond donors (Lipinski definition) is 1. The highest BCUT2D eigenvalue weighted by atomic mass is 32.2. The number of rotatable bonds is 8. The molecule has 1 N–H and O–H groups in total. The van der Waals surface area contributed by atoms with Crippen molar-refractivity contribution in [3.05, 3.63) is 54.6 Å². The van der Waals surface area contributed by atoms with E-state index in [2.05, 4.69) is 15.0 Å². The molecule has 2 aromatic rings. The Morgan fingerprint density at radius 1 is 1.19 bits per heavy atom. The lowest BCUT2D eigenvalue weighted by Gasteiger charge is -2.23. The van der Waals surface area contributed by atoms with Crippen LogP contribution in [0, 0.1) is 0 Å². The van der Waals surface area contributed by atoms with Gasteiger partial charge in [0.1, 0.15) is 11.0 Å². The molecule has 0 aliphatic carbocycles. The Labute approximate surface area is 183 Å². The quantitative estimate of drug-likeness (QED) is 0.615. The number of anilines is 1. The Hall–Kier alpha value is -2.94. The number of carbonyl (C=O) groups excluding carboxylic acids is 2. The molecule has 0 spiro atoms. The standard InChI is InChI=1S/C22H23F2N3O3S/c1-3-14(2)27-20(29)18(13-19(28)25-15-7-5-4-6-8-15)31-22(27)26-16-9-11-17(12-10-16)30-21(23)24/h4-12,14,18,21H,3,13H2,1-2H3,(H,25,28)/t14-,18+/m1/s1. The first-order chi connectivity index (χ1) is 14.9. The number of thioether (sulfide) groups is 1. The van der Waals surface area contributed by atoms with E-state index in [1.54, 1.807) is 29.2 Å². The minimum Gasteiger partial charge on any atom is -0.435 e. The molecule has 0 unspecified atom stereocenters. The van der Waals surface area contributed by atoms with E-state index in [-0.39, 0.29) is 30.0 Å². The number of nitrogens with one attached hydrogen (secondary N) is 1. The number of carbonyl (C=O) groups is 2. The predicted molar refractivity (Wildman–Crippen MR) is 118 cm³/mol. The van der Waals surface area contributed by atoms with Gasteiger partial charge in [-0.15, -0.1) is 0 Å². The number of amidine groups is 1. The fourth-order valence-corrected chi connectivity index (χ4v) is 4.24. The Bertz CT molecular complexity index is 939. The van der Waals surface area contributed by atoms with Crippen LogP contribution in [0.3, 0.4) is 0 Å². The van der Waals surface area contributed by atoms with Gasteiger partial charge in [-0.05, 0) is 49.7 Å². The number of amides is 2. The van der Waals surface area contributed by atoms with Gasteiger partial charge >= 0.3 is 6.61 Å². The maximum atomic E-state index is 13.0. The molecule has 2 aromatic carbocycles. The second kappa shape index (κ2) is 10.4. The summed E-state index contributed by atoms with van der Waals surface area (Å²) in [6.07, 6.45) is 0.737. The number of ether oxygens (including phenoxy) is 1. The van der Waals surface area contributed by atoms with Crippen molar-refractivity contribution in [3.63, 3.8) is 0 Å². The number of benzene rings is 2. The molecule has 1 fully saturated rings. The Kier molecular flexibility index (Phi) is 7.62. The fourth-order valence-electron chi connectivity index (χ4n) is 3.00. The normalized spacial score (nSPS) is 18.5. The second-order valence-corrected chi connectivity index (χ2v) is 8.13. The minimum absolute atomic E-state index is 0.0194. The van der Waals surface area contributed by atoms with Gasteiger partial charge in [0.25, 0.3) is 0 Å². The van der Waals surface area contributed by atoms with E-state index in [0.29, 0.717) is 16.5 Å². The van der Waals surface area contributed by atoms with Crippen LogP contribution in [0.4, 0.5) is 20.2 Å². The van der Waals surface area contributed by atoms with Gasteiger partial charge in [-0.1, -0.05) is 36.9 Å². The van der Waals surface area contributed by atoms with Crippen LogP contribution in [0.2, 0.25) is 0 Å². The first kappa shape index (κ1) is 22.7. The Morgan fingerprint density at radius 3 is 2.48 bits per heavy atom. The van der Waals surface area contributed by atoms with Crippen LogP contribution in [0.15, 0.2) is 59.6 Å². The zero-order valence-corrected chi connectivity index (χ0v) is 17.9. The number of nitrogens with zero attached hydrogens (tertiary/aromatic N) is 2. The molecule has 0 radical (unpaired) electrons. The van der Waals surface area contributed by atoms with E-state index < -0.39 is 11.9 Å². The lowest BCUT2D eigenvalue weighted by atomic mass is 10.2. The van der Waals surface area contributed by atoms with Gasteiger partial charge in [0, 0.05) is 18.2 Å². The highest BCUT2D eigenvalue weighted by Gasteiger charge is 2.41. The van der Waals surface area contributed by atoms with Gasteiger partial charge in [0.05, 0.1) is 5.69 Å². The molecule has 1 aliphatic rings. The molecule has 164 valence electrons. The van der Waals surface area contributed by atoms with Crippen molar-refractivity contribution in [2.75, 3.05) is 5.32 Å². The van der Waals surface area contributed by atoms with Crippen molar-refractivity contribution in [2.45, 2.75) is 44.6 Å². The third-order valence-electron chi connectivity index (χ3n) is 4.71. The predicted octanol–water partition coefficient (Wildman–Crippen LogP) is 5.05. The van der Waals surface area contributed by atoms with E-state index in [1.807, 2.05) is 32.0 Å². The molecular formula is C22H23F2N3O3S. The topological polar surface area (TPSA) is 71.0 Å². The summed E-state index contributed by atoms with van der Waals surface area (Å²) < 4.78 is 29.0.